The molecule has 1 aromatic carbocycles. The third kappa shape index (κ3) is 5.59. The standard InChI is InChI=1S/C14H13F6O6S2/c1-9(26-11(21)8-10-5-3-2-4-6-10)7-12(27(22,23)13(15,16)17)28(24,25)14(18,19)20/h2-6,9H,7-8H2,1H3/q-1. The predicted octanol–water partition coefficient (Wildman–Crippen LogP) is 2.91. The van der Waals surface area contributed by atoms with Crippen LogP contribution in [0.15, 0.2) is 30.3 Å². The molecule has 28 heavy (non-hydrogen) atoms. The normalized spacial score (nSPS) is 14.7. The van der Waals surface area contributed by atoms with Crippen molar-refractivity contribution in [2.24, 2.45) is 0 Å². The van der Waals surface area contributed by atoms with Crippen molar-refractivity contribution in [3.8, 4) is 0 Å². The molecule has 0 fully saturated rings. The first kappa shape index (κ1) is 24.2. The predicted molar refractivity (Wildman–Crippen MR) is 83.5 cm³/mol. The van der Waals surface area contributed by atoms with Gasteiger partial charge in [-0.2, -0.15) is 26.3 Å². The topological polar surface area (TPSA) is 94.6 Å². The second kappa shape index (κ2) is 8.27. The molecule has 6 nitrogen and oxygen atoms in total. The highest BCUT2D eigenvalue weighted by Gasteiger charge is 2.54. The van der Waals surface area contributed by atoms with E-state index in [9.17, 15) is 48.0 Å². The number of carbonyl (C=O) groups is 1. The van der Waals surface area contributed by atoms with Crippen LogP contribution in [0, 0.1) is 4.58 Å². The Morgan fingerprint density at radius 1 is 0.964 bits per heavy atom. The van der Waals surface area contributed by atoms with Gasteiger partial charge in [-0.05, 0) is 12.5 Å². The zero-order valence-electron chi connectivity index (χ0n) is 13.9. The monoisotopic (exact) mass is 455 g/mol. The van der Waals surface area contributed by atoms with Crippen molar-refractivity contribution in [1.82, 2.24) is 0 Å². The maximum atomic E-state index is 12.7. The molecule has 0 aliphatic heterocycles. The number of esters is 1. The lowest BCUT2D eigenvalue weighted by molar-refractivity contribution is -0.147. The third-order valence-corrected chi connectivity index (χ3v) is 7.25. The molecule has 0 bridgehead atoms. The minimum atomic E-state index is -6.85. The van der Waals surface area contributed by atoms with E-state index in [1.165, 1.54) is 12.1 Å². The summed E-state index contributed by atoms with van der Waals surface area (Å²) in [7, 11) is -13.7. The molecule has 0 amide bonds. The summed E-state index contributed by atoms with van der Waals surface area (Å²) >= 11 is 0. The largest absolute Gasteiger partial charge is 0.469 e. The van der Waals surface area contributed by atoms with Crippen LogP contribution in [-0.4, -0.2) is 39.9 Å². The average molecular weight is 455 g/mol. The Balaban J connectivity index is 3.09. The van der Waals surface area contributed by atoms with E-state index in [1.807, 2.05) is 0 Å². The zero-order chi connectivity index (χ0) is 22.0. The third-order valence-electron chi connectivity index (χ3n) is 3.19. The molecule has 1 rings (SSSR count). The number of hydrogen-bond acceptors (Lipinski definition) is 6. The van der Waals surface area contributed by atoms with Crippen LogP contribution < -0.4 is 0 Å². The number of hydrogen-bond donors (Lipinski definition) is 0. The number of ether oxygens (including phenoxy) is 1. The Kier molecular flexibility index (Phi) is 7.15. The van der Waals surface area contributed by atoms with Crippen LogP contribution in [0.1, 0.15) is 18.9 Å². The maximum absolute atomic E-state index is 12.7. The van der Waals surface area contributed by atoms with E-state index >= 15 is 0 Å². The Bertz CT molecular complexity index is 846. The van der Waals surface area contributed by atoms with Crippen molar-refractivity contribution in [1.29, 1.82) is 0 Å². The molecule has 0 aromatic heterocycles. The van der Waals surface area contributed by atoms with E-state index in [0.29, 0.717) is 5.56 Å². The first-order valence-electron chi connectivity index (χ1n) is 7.22. The number of carbonyl (C=O) groups excluding carboxylic acids is 1. The second-order valence-electron chi connectivity index (χ2n) is 5.44. The Morgan fingerprint density at radius 3 is 1.79 bits per heavy atom. The van der Waals surface area contributed by atoms with Crippen molar-refractivity contribution in [3.05, 3.63) is 40.5 Å². The van der Waals surface area contributed by atoms with E-state index in [2.05, 4.69) is 4.74 Å². The number of alkyl halides is 6. The van der Waals surface area contributed by atoms with Crippen LogP contribution in [0.4, 0.5) is 26.3 Å². The van der Waals surface area contributed by atoms with Crippen LogP contribution in [-0.2, 0) is 35.6 Å². The average Bonchev–Trinajstić information content (AvgIpc) is 2.50. The van der Waals surface area contributed by atoms with Crippen LogP contribution >= 0.6 is 0 Å². The highest BCUT2D eigenvalue weighted by atomic mass is 32.3. The fraction of sp³-hybridized carbons (Fsp3) is 0.429. The smallest absolute Gasteiger partial charge is 0.465 e. The van der Waals surface area contributed by atoms with Gasteiger partial charge in [0.05, 0.1) is 12.5 Å². The van der Waals surface area contributed by atoms with Crippen LogP contribution in [0.25, 0.3) is 0 Å². The summed E-state index contributed by atoms with van der Waals surface area (Å²) in [6.07, 6.45) is -4.15. The van der Waals surface area contributed by atoms with Gasteiger partial charge in [0.25, 0.3) is 0 Å². The molecule has 0 spiro atoms. The minimum absolute atomic E-state index is 0.398. The molecule has 1 unspecified atom stereocenters. The number of rotatable bonds is 7. The van der Waals surface area contributed by atoms with Gasteiger partial charge in [-0.25, -0.2) is 0 Å². The quantitative estimate of drug-likeness (QED) is 0.357. The van der Waals surface area contributed by atoms with Crippen molar-refractivity contribution in [3.63, 3.8) is 0 Å². The van der Waals surface area contributed by atoms with Gasteiger partial charge in [-0.3, -0.25) is 21.6 Å². The molecule has 0 N–H and O–H groups in total. The summed E-state index contributed by atoms with van der Waals surface area (Å²) in [4.78, 5) is 11.7. The van der Waals surface area contributed by atoms with Gasteiger partial charge in [-0.15, -0.1) is 6.42 Å². The van der Waals surface area contributed by atoms with Gasteiger partial charge >= 0.3 is 17.0 Å². The molecule has 0 saturated heterocycles. The van der Waals surface area contributed by atoms with Crippen LogP contribution in [0.5, 0.6) is 0 Å². The highest BCUT2D eigenvalue weighted by molar-refractivity contribution is 8.13. The zero-order valence-corrected chi connectivity index (χ0v) is 15.5. The van der Waals surface area contributed by atoms with Gasteiger partial charge in [0.15, 0.2) is 0 Å². The first-order valence-corrected chi connectivity index (χ1v) is 10.2. The Labute approximate surface area is 156 Å². The van der Waals surface area contributed by atoms with E-state index in [4.69, 9.17) is 0 Å². The van der Waals surface area contributed by atoms with Crippen LogP contribution in [0.2, 0.25) is 0 Å². The summed E-state index contributed by atoms with van der Waals surface area (Å²) in [5, 5.41) is 0. The lowest BCUT2D eigenvalue weighted by Crippen LogP contribution is -2.41. The van der Waals surface area contributed by atoms with E-state index in [0.717, 1.165) is 6.92 Å². The molecule has 0 radical (unpaired) electrons. The summed E-state index contributed by atoms with van der Waals surface area (Å²) in [5.41, 5.74) is -12.2. The number of halogens is 6. The van der Waals surface area contributed by atoms with Gasteiger partial charge in [0, 0.05) is 0 Å². The highest BCUT2D eigenvalue weighted by Crippen LogP contribution is 2.43. The minimum Gasteiger partial charge on any atom is -0.465 e. The summed E-state index contributed by atoms with van der Waals surface area (Å²) < 4.78 is 123. The molecular weight excluding hydrogens is 442 g/mol. The van der Waals surface area contributed by atoms with Gasteiger partial charge in [-0.1, -0.05) is 34.9 Å². The molecule has 1 aromatic rings. The van der Waals surface area contributed by atoms with Crippen molar-refractivity contribution in [2.75, 3.05) is 0 Å². The lowest BCUT2D eigenvalue weighted by atomic mass is 10.1. The van der Waals surface area contributed by atoms with E-state index < -0.39 is 60.2 Å². The van der Waals surface area contributed by atoms with E-state index in [-0.39, 0.29) is 0 Å². The molecule has 0 heterocycles. The fourth-order valence-corrected chi connectivity index (χ4v) is 5.07. The molecule has 0 saturated carbocycles. The fourth-order valence-electron chi connectivity index (χ4n) is 1.93. The Morgan fingerprint density at radius 2 is 1.39 bits per heavy atom. The molecule has 0 aliphatic rings. The first-order chi connectivity index (χ1) is 12.5. The van der Waals surface area contributed by atoms with Gasteiger partial charge in [0.1, 0.15) is 19.7 Å². The number of sulfone groups is 2. The molecule has 160 valence electrons. The molecule has 14 heteroatoms. The van der Waals surface area contributed by atoms with E-state index in [1.54, 1.807) is 18.2 Å². The van der Waals surface area contributed by atoms with Gasteiger partial charge < -0.3 is 4.74 Å². The lowest BCUT2D eigenvalue weighted by Gasteiger charge is -2.33. The molecule has 0 aliphatic carbocycles. The van der Waals surface area contributed by atoms with Crippen molar-refractivity contribution < 1.29 is 52.7 Å². The molecule has 1 atom stereocenters. The summed E-state index contributed by atoms with van der Waals surface area (Å²) in [5.74, 6) is -1.10. The van der Waals surface area contributed by atoms with Crippen LogP contribution in [0.3, 0.4) is 0 Å². The SMILES string of the molecule is CC(C[C-](S(=O)(=O)C(F)(F)F)S(=O)(=O)C(F)(F)F)OC(=O)Cc1ccccc1. The Hall–Kier alpha value is -1.83. The maximum Gasteiger partial charge on any atom is 0.469 e. The number of benzene rings is 1. The molecular formula is C14H13F6O6S2-. The van der Waals surface area contributed by atoms with Gasteiger partial charge in [0.2, 0.25) is 0 Å². The summed E-state index contributed by atoms with van der Waals surface area (Å²) in [6, 6.07) is 7.66. The van der Waals surface area contributed by atoms with Crippen molar-refractivity contribution in [2.45, 2.75) is 36.9 Å². The van der Waals surface area contributed by atoms with Crippen molar-refractivity contribution >= 4 is 25.6 Å². The second-order valence-corrected chi connectivity index (χ2v) is 9.62. The summed E-state index contributed by atoms with van der Waals surface area (Å²) in [6.45, 7) is 0.765.